The Bertz CT molecular complexity index is 1050. The van der Waals surface area contributed by atoms with E-state index in [1.54, 1.807) is 34.9 Å². The lowest BCUT2D eigenvalue weighted by Crippen LogP contribution is -2.44. The van der Waals surface area contributed by atoms with Crippen LogP contribution in [0.1, 0.15) is 37.3 Å². The number of rotatable bonds is 7. The molecule has 7 heteroatoms. The Balaban J connectivity index is 1.52. The second kappa shape index (κ2) is 9.95. The zero-order chi connectivity index (χ0) is 23.6. The third-order valence-corrected chi connectivity index (χ3v) is 7.43. The molecule has 2 aliphatic rings. The number of fused-ring (bicyclic) bond motifs is 1. The van der Waals surface area contributed by atoms with Gasteiger partial charge in [0.2, 0.25) is 5.91 Å². The molecule has 1 saturated heterocycles. The second-order valence-electron chi connectivity index (χ2n) is 8.79. The number of aliphatic hydroxyl groups excluding tert-OH is 1. The molecule has 33 heavy (non-hydrogen) atoms. The fraction of sp³-hybridized carbons (Fsp3) is 0.385. The molecule has 2 heterocycles. The molecule has 0 saturated carbocycles. The van der Waals surface area contributed by atoms with Crippen LogP contribution in [0.25, 0.3) is 0 Å². The summed E-state index contributed by atoms with van der Waals surface area (Å²) in [5.74, 6) is -0.918. The number of hydrogen-bond acceptors (Lipinski definition) is 4. The Hall–Kier alpha value is -2.23. The van der Waals surface area contributed by atoms with Crippen LogP contribution in [0.2, 0.25) is 0 Å². The summed E-state index contributed by atoms with van der Waals surface area (Å²) in [6.07, 6.45) is 5.39. The third-order valence-electron chi connectivity index (χ3n) is 6.72. The average molecular weight is 560 g/mol. The number of anilines is 1. The van der Waals surface area contributed by atoms with Gasteiger partial charge in [0.05, 0.1) is 24.9 Å². The van der Waals surface area contributed by atoms with Gasteiger partial charge in [-0.3, -0.25) is 9.59 Å². The minimum atomic E-state index is -1.69. The first kappa shape index (κ1) is 23.9. The van der Waals surface area contributed by atoms with E-state index in [1.807, 2.05) is 42.5 Å². The summed E-state index contributed by atoms with van der Waals surface area (Å²) < 4.78 is 1.12. The smallest absolute Gasteiger partial charge is 0.264 e. The number of benzene rings is 2. The monoisotopic (exact) mass is 560 g/mol. The van der Waals surface area contributed by atoms with Crippen LogP contribution < -0.4 is 4.90 Å². The molecular weight excluding hydrogens is 531 g/mol. The molecule has 0 unspecified atom stereocenters. The predicted octanol–water partition coefficient (Wildman–Crippen LogP) is 3.59. The van der Waals surface area contributed by atoms with Crippen LogP contribution in [0, 0.1) is 9.49 Å². The summed E-state index contributed by atoms with van der Waals surface area (Å²) in [4.78, 5) is 29.5. The topological polar surface area (TPSA) is 81.1 Å². The van der Waals surface area contributed by atoms with E-state index in [1.165, 1.54) is 0 Å². The van der Waals surface area contributed by atoms with E-state index in [9.17, 15) is 19.8 Å². The summed E-state index contributed by atoms with van der Waals surface area (Å²) >= 11 is 2.24. The number of carbonyl (C=O) groups excluding carboxylic acids is 2. The Morgan fingerprint density at radius 2 is 1.97 bits per heavy atom. The van der Waals surface area contributed by atoms with Gasteiger partial charge >= 0.3 is 0 Å². The van der Waals surface area contributed by atoms with Crippen LogP contribution >= 0.6 is 22.6 Å². The number of halogens is 1. The zero-order valence-electron chi connectivity index (χ0n) is 18.7. The van der Waals surface area contributed by atoms with E-state index in [0.717, 1.165) is 22.0 Å². The second-order valence-corrected chi connectivity index (χ2v) is 10.0. The van der Waals surface area contributed by atoms with Gasteiger partial charge in [-0.2, -0.15) is 0 Å². The highest BCUT2D eigenvalue weighted by molar-refractivity contribution is 14.1. The lowest BCUT2D eigenvalue weighted by Gasteiger charge is -2.28. The Kier molecular flexibility index (Phi) is 7.21. The van der Waals surface area contributed by atoms with Crippen molar-refractivity contribution in [2.24, 2.45) is 5.92 Å². The molecule has 6 nitrogen and oxygen atoms in total. The third kappa shape index (κ3) is 4.58. The highest BCUT2D eigenvalue weighted by Crippen LogP contribution is 2.45. The number of aliphatic hydroxyl groups is 2. The van der Waals surface area contributed by atoms with E-state index < -0.39 is 11.5 Å². The van der Waals surface area contributed by atoms with Gasteiger partial charge in [-0.15, -0.1) is 0 Å². The molecular formula is C26H29IN2O4. The van der Waals surface area contributed by atoms with Crippen molar-refractivity contribution in [3.8, 4) is 0 Å². The van der Waals surface area contributed by atoms with E-state index in [2.05, 4.69) is 22.6 Å². The Morgan fingerprint density at radius 1 is 1.24 bits per heavy atom. The molecule has 2 aromatic rings. The van der Waals surface area contributed by atoms with Crippen molar-refractivity contribution in [1.29, 1.82) is 0 Å². The molecule has 0 aliphatic carbocycles. The largest absolute Gasteiger partial charge is 0.394 e. The van der Waals surface area contributed by atoms with Crippen LogP contribution in [0.3, 0.4) is 0 Å². The van der Waals surface area contributed by atoms with Crippen LogP contribution in [0.4, 0.5) is 5.69 Å². The minimum absolute atomic E-state index is 0.0205. The Labute approximate surface area is 208 Å². The van der Waals surface area contributed by atoms with E-state index >= 15 is 0 Å². The molecule has 0 spiro atoms. The van der Waals surface area contributed by atoms with Crippen molar-refractivity contribution < 1.29 is 19.8 Å². The highest BCUT2D eigenvalue weighted by atomic mass is 127. The van der Waals surface area contributed by atoms with Gasteiger partial charge in [-0.1, -0.05) is 49.4 Å². The first-order valence-electron chi connectivity index (χ1n) is 11.3. The fourth-order valence-electron chi connectivity index (χ4n) is 4.81. The molecule has 0 bridgehead atoms. The van der Waals surface area contributed by atoms with Crippen molar-refractivity contribution in [2.45, 2.75) is 44.4 Å². The van der Waals surface area contributed by atoms with Crippen molar-refractivity contribution >= 4 is 40.1 Å². The van der Waals surface area contributed by atoms with E-state index in [4.69, 9.17) is 0 Å². The molecule has 1 fully saturated rings. The van der Waals surface area contributed by atoms with Crippen molar-refractivity contribution in [1.82, 2.24) is 4.90 Å². The molecule has 2 aromatic carbocycles. The molecule has 0 aromatic heterocycles. The van der Waals surface area contributed by atoms with E-state index in [-0.39, 0.29) is 30.9 Å². The van der Waals surface area contributed by atoms with Crippen LogP contribution in [-0.2, 0) is 21.7 Å². The van der Waals surface area contributed by atoms with Gasteiger partial charge in [-0.25, -0.2) is 0 Å². The number of amides is 2. The van der Waals surface area contributed by atoms with Gasteiger partial charge in [-0.05, 0) is 59.2 Å². The minimum Gasteiger partial charge on any atom is -0.394 e. The quantitative estimate of drug-likeness (QED) is 0.401. The number of hydrogen-bond donors (Lipinski definition) is 2. The first-order chi connectivity index (χ1) is 15.9. The summed E-state index contributed by atoms with van der Waals surface area (Å²) in [6, 6.07) is 15.2. The van der Waals surface area contributed by atoms with E-state index in [0.29, 0.717) is 24.3 Å². The molecule has 174 valence electrons. The van der Waals surface area contributed by atoms with Gasteiger partial charge in [0.15, 0.2) is 5.60 Å². The van der Waals surface area contributed by atoms with Crippen molar-refractivity contribution in [2.75, 3.05) is 18.1 Å². The maximum Gasteiger partial charge on any atom is 0.264 e. The van der Waals surface area contributed by atoms with Crippen LogP contribution in [0.15, 0.2) is 60.7 Å². The number of para-hydroxylation sites is 1. The SMILES string of the molecule is C[C@H](/C=C/CC(=O)N1CCC[C@H]1CO)[C@@]1(O)C(=O)N(Cc2ccc(I)cc2)c2ccccc21. The van der Waals surface area contributed by atoms with Crippen LogP contribution in [-0.4, -0.2) is 46.1 Å². The maximum atomic E-state index is 13.5. The average Bonchev–Trinajstić information content (AvgIpc) is 3.39. The molecule has 2 N–H and O–H groups in total. The summed E-state index contributed by atoms with van der Waals surface area (Å²) in [7, 11) is 0. The number of likely N-dealkylation sites (tertiary alicyclic amines) is 1. The molecule has 0 radical (unpaired) electrons. The van der Waals surface area contributed by atoms with Crippen LogP contribution in [0.5, 0.6) is 0 Å². The number of carbonyl (C=O) groups is 2. The van der Waals surface area contributed by atoms with Crippen molar-refractivity contribution in [3.63, 3.8) is 0 Å². The first-order valence-corrected chi connectivity index (χ1v) is 12.4. The van der Waals surface area contributed by atoms with Crippen molar-refractivity contribution in [3.05, 3.63) is 75.4 Å². The standard InChI is InChI=1S/C26H29IN2O4/c1-18(6-4-10-24(31)28-15-5-7-21(28)17-30)26(33)22-8-2-3-9-23(22)29(25(26)32)16-19-11-13-20(27)14-12-19/h2-4,6,8-9,11-14,18,21,30,33H,5,7,10,15-17H2,1H3/b6-4+/t18-,21+,26+/m1/s1. The van der Waals surface area contributed by atoms with Gasteiger partial charge in [0.25, 0.3) is 5.91 Å². The predicted molar refractivity (Wildman–Crippen MR) is 135 cm³/mol. The normalized spacial score (nSPS) is 23.4. The van der Waals surface area contributed by atoms with Gasteiger partial charge < -0.3 is 20.0 Å². The Morgan fingerprint density at radius 3 is 2.70 bits per heavy atom. The lowest BCUT2D eigenvalue weighted by atomic mass is 9.83. The summed E-state index contributed by atoms with van der Waals surface area (Å²) in [5.41, 5.74) is 0.591. The molecule has 3 atom stereocenters. The number of nitrogens with zero attached hydrogens (tertiary/aromatic N) is 2. The summed E-state index contributed by atoms with van der Waals surface area (Å²) in [5, 5.41) is 21.1. The summed E-state index contributed by atoms with van der Waals surface area (Å²) in [6.45, 7) is 2.82. The van der Waals surface area contributed by atoms with Gasteiger partial charge in [0, 0.05) is 28.0 Å². The molecule has 2 amide bonds. The molecule has 2 aliphatic heterocycles. The molecule has 4 rings (SSSR count). The fourth-order valence-corrected chi connectivity index (χ4v) is 5.17. The zero-order valence-corrected chi connectivity index (χ0v) is 20.8. The van der Waals surface area contributed by atoms with Gasteiger partial charge in [0.1, 0.15) is 0 Å². The maximum absolute atomic E-state index is 13.5. The highest BCUT2D eigenvalue weighted by Gasteiger charge is 2.52. The lowest BCUT2D eigenvalue weighted by molar-refractivity contribution is -0.139.